The fraction of sp³-hybridized carbons (Fsp3) is 0.378. The summed E-state index contributed by atoms with van der Waals surface area (Å²) >= 11 is 0. The average Bonchev–Trinajstić information content (AvgIpc) is 3.10. The summed E-state index contributed by atoms with van der Waals surface area (Å²) in [5.41, 5.74) is 8.08. The van der Waals surface area contributed by atoms with Crippen molar-refractivity contribution in [1.82, 2.24) is 21.3 Å². The zero-order valence-electron chi connectivity index (χ0n) is 28.6. The molecule has 14 heteroatoms. The van der Waals surface area contributed by atoms with Crippen LogP contribution in [-0.4, -0.2) is 71.1 Å². The van der Waals surface area contributed by atoms with Gasteiger partial charge in [0.25, 0.3) is 5.91 Å². The molecule has 0 aliphatic rings. The second kappa shape index (κ2) is 18.7. The molecule has 274 valence electrons. The topological polar surface area (TPSA) is 180 Å². The number of aliphatic hydroxyl groups is 1. The Morgan fingerprint density at radius 1 is 0.706 bits per heavy atom. The van der Waals surface area contributed by atoms with Gasteiger partial charge in [0.1, 0.15) is 18.1 Å². The lowest BCUT2D eigenvalue weighted by molar-refractivity contribution is -0.212. The molecule has 0 aromatic heterocycles. The van der Waals surface area contributed by atoms with Gasteiger partial charge in [-0.1, -0.05) is 86.6 Å². The summed E-state index contributed by atoms with van der Waals surface area (Å²) in [7, 11) is 0. The molecule has 3 aromatic rings. The van der Waals surface area contributed by atoms with Crippen LogP contribution in [0.15, 0.2) is 84.9 Å². The average molecular weight is 712 g/mol. The van der Waals surface area contributed by atoms with E-state index in [0.717, 1.165) is 16.7 Å². The number of amides is 5. The number of benzene rings is 3. The van der Waals surface area contributed by atoms with Crippen LogP contribution in [0.25, 0.3) is 11.1 Å². The van der Waals surface area contributed by atoms with Crippen molar-refractivity contribution in [3.8, 4) is 11.1 Å². The Kier molecular flexibility index (Phi) is 14.7. The number of hydrogen-bond acceptors (Lipinski definition) is 6. The van der Waals surface area contributed by atoms with E-state index in [9.17, 15) is 42.3 Å². The van der Waals surface area contributed by atoms with Crippen LogP contribution >= 0.6 is 0 Å². The smallest absolute Gasteiger partial charge is 0.382 e. The number of alkyl halides is 3. The van der Waals surface area contributed by atoms with Crippen LogP contribution in [0.4, 0.5) is 13.2 Å². The second-order valence-corrected chi connectivity index (χ2v) is 12.6. The summed E-state index contributed by atoms with van der Waals surface area (Å²) in [5, 5.41) is 19.6. The number of hydrogen-bond donors (Lipinski definition) is 6. The van der Waals surface area contributed by atoms with E-state index in [1.165, 1.54) is 6.92 Å². The SMILES string of the molecule is CC(C)[C@H](NC(=O)c1ccc(-c2ccccc2)cc1)C(=O)N[C@@H](CCc1ccccc1)C(=O)N[C@@H](C)C(=O)NC(CCC(N)=O)C(O)C(F)(F)F. The largest absolute Gasteiger partial charge is 0.416 e. The van der Waals surface area contributed by atoms with Gasteiger partial charge in [-0.15, -0.1) is 0 Å². The molecule has 5 atom stereocenters. The maximum absolute atomic E-state index is 13.6. The van der Waals surface area contributed by atoms with E-state index < -0.39 is 84.7 Å². The first-order valence-corrected chi connectivity index (χ1v) is 16.5. The van der Waals surface area contributed by atoms with Crippen LogP contribution in [0.3, 0.4) is 0 Å². The van der Waals surface area contributed by atoms with E-state index in [1.807, 2.05) is 53.8 Å². The van der Waals surface area contributed by atoms with Crippen LogP contribution in [0.2, 0.25) is 0 Å². The van der Waals surface area contributed by atoms with Gasteiger partial charge in [0.15, 0.2) is 6.10 Å². The van der Waals surface area contributed by atoms with Crippen molar-refractivity contribution in [3.05, 3.63) is 96.1 Å². The molecule has 5 amide bonds. The van der Waals surface area contributed by atoms with Crippen LogP contribution in [-0.2, 0) is 25.6 Å². The van der Waals surface area contributed by atoms with Crippen molar-refractivity contribution in [2.24, 2.45) is 11.7 Å². The van der Waals surface area contributed by atoms with Gasteiger partial charge >= 0.3 is 6.18 Å². The highest BCUT2D eigenvalue weighted by Crippen LogP contribution is 2.24. The maximum Gasteiger partial charge on any atom is 0.416 e. The Balaban J connectivity index is 1.74. The van der Waals surface area contributed by atoms with Gasteiger partial charge in [-0.05, 0) is 60.9 Å². The zero-order chi connectivity index (χ0) is 37.7. The van der Waals surface area contributed by atoms with Gasteiger partial charge in [-0.25, -0.2) is 0 Å². The van der Waals surface area contributed by atoms with Gasteiger partial charge in [-0.2, -0.15) is 13.2 Å². The first kappa shape index (κ1) is 40.2. The summed E-state index contributed by atoms with van der Waals surface area (Å²) in [6.07, 6.45) is -8.84. The molecule has 51 heavy (non-hydrogen) atoms. The highest BCUT2D eigenvalue weighted by Gasteiger charge is 2.44. The Hall–Kier alpha value is -5.24. The van der Waals surface area contributed by atoms with Crippen molar-refractivity contribution in [2.75, 3.05) is 0 Å². The number of nitrogens with one attached hydrogen (secondary N) is 4. The predicted molar refractivity (Wildman–Crippen MR) is 185 cm³/mol. The molecule has 0 fully saturated rings. The van der Waals surface area contributed by atoms with Crippen molar-refractivity contribution in [2.45, 2.75) is 82.9 Å². The lowest BCUT2D eigenvalue weighted by Crippen LogP contribution is -2.58. The van der Waals surface area contributed by atoms with E-state index in [-0.39, 0.29) is 6.42 Å². The van der Waals surface area contributed by atoms with Crippen molar-refractivity contribution >= 4 is 29.5 Å². The molecule has 3 aromatic carbocycles. The zero-order valence-corrected chi connectivity index (χ0v) is 28.6. The lowest BCUT2D eigenvalue weighted by atomic mass is 9.99. The molecule has 0 spiro atoms. The highest BCUT2D eigenvalue weighted by atomic mass is 19.4. The van der Waals surface area contributed by atoms with E-state index in [4.69, 9.17) is 5.73 Å². The normalized spacial score (nSPS) is 14.4. The Morgan fingerprint density at radius 2 is 1.27 bits per heavy atom. The molecule has 0 aliphatic heterocycles. The summed E-state index contributed by atoms with van der Waals surface area (Å²) in [4.78, 5) is 64.4. The molecule has 0 aliphatic carbocycles. The molecule has 2 unspecified atom stereocenters. The monoisotopic (exact) mass is 711 g/mol. The van der Waals surface area contributed by atoms with Crippen molar-refractivity contribution < 1.29 is 42.3 Å². The number of halogens is 3. The molecule has 0 heterocycles. The molecule has 0 saturated heterocycles. The molecule has 3 rings (SSSR count). The summed E-state index contributed by atoms with van der Waals surface area (Å²) < 4.78 is 39.8. The number of aliphatic hydroxyl groups excluding tert-OH is 1. The van der Waals surface area contributed by atoms with E-state index >= 15 is 0 Å². The quantitative estimate of drug-likeness (QED) is 0.125. The minimum atomic E-state index is -5.11. The molecule has 0 bridgehead atoms. The minimum Gasteiger partial charge on any atom is -0.382 e. The van der Waals surface area contributed by atoms with Crippen LogP contribution in [0, 0.1) is 5.92 Å². The number of aryl methyl sites for hydroxylation is 1. The standard InChI is InChI=1S/C37H44F3N5O6/c1-22(2)31(45-34(49)27-17-15-26(16-18-27)25-12-8-5-9-13-25)36(51)44-29(19-14-24-10-6-4-7-11-24)35(50)42-23(3)33(48)43-28(20-21-30(41)46)32(47)37(38,39)40/h4-13,15-18,22-23,28-29,31-32,47H,14,19-21H2,1-3H3,(H2,41,46)(H,42,50)(H,43,48)(H,44,51)(H,45,49)/t23-,28?,29-,31-,32?/m0/s1. The molecule has 0 radical (unpaired) electrons. The predicted octanol–water partition coefficient (Wildman–Crippen LogP) is 3.40. The number of nitrogens with two attached hydrogens (primary N) is 1. The number of carbonyl (C=O) groups is 5. The summed E-state index contributed by atoms with van der Waals surface area (Å²) in [6, 6.07) is 19.9. The van der Waals surface area contributed by atoms with Crippen LogP contribution in [0.1, 0.15) is 56.0 Å². The molecule has 11 nitrogen and oxygen atoms in total. The van der Waals surface area contributed by atoms with E-state index in [1.54, 1.807) is 50.2 Å². The van der Waals surface area contributed by atoms with Crippen LogP contribution in [0.5, 0.6) is 0 Å². The first-order chi connectivity index (χ1) is 24.1. The minimum absolute atomic E-state index is 0.0731. The molecule has 0 saturated carbocycles. The number of primary amides is 1. The third-order valence-corrected chi connectivity index (χ3v) is 8.19. The van der Waals surface area contributed by atoms with Gasteiger partial charge in [-0.3, -0.25) is 24.0 Å². The van der Waals surface area contributed by atoms with Crippen molar-refractivity contribution in [1.29, 1.82) is 0 Å². The first-order valence-electron chi connectivity index (χ1n) is 16.5. The third-order valence-electron chi connectivity index (χ3n) is 8.19. The lowest BCUT2D eigenvalue weighted by Gasteiger charge is -2.28. The Labute approximate surface area is 294 Å². The Bertz CT molecular complexity index is 1620. The van der Waals surface area contributed by atoms with Gasteiger partial charge < -0.3 is 32.1 Å². The summed E-state index contributed by atoms with van der Waals surface area (Å²) in [5.74, 6) is -4.39. The fourth-order valence-electron chi connectivity index (χ4n) is 5.21. The van der Waals surface area contributed by atoms with Gasteiger partial charge in [0, 0.05) is 12.0 Å². The van der Waals surface area contributed by atoms with Gasteiger partial charge in [0.05, 0.1) is 6.04 Å². The van der Waals surface area contributed by atoms with Crippen molar-refractivity contribution in [3.63, 3.8) is 0 Å². The van der Waals surface area contributed by atoms with E-state index in [2.05, 4.69) is 16.0 Å². The fourth-order valence-corrected chi connectivity index (χ4v) is 5.21. The van der Waals surface area contributed by atoms with Gasteiger partial charge in [0.2, 0.25) is 23.6 Å². The van der Waals surface area contributed by atoms with Crippen LogP contribution < -0.4 is 27.0 Å². The third kappa shape index (κ3) is 12.5. The molecular weight excluding hydrogens is 667 g/mol. The summed E-state index contributed by atoms with van der Waals surface area (Å²) in [6.45, 7) is 4.66. The molecule has 7 N–H and O–H groups in total. The second-order valence-electron chi connectivity index (χ2n) is 12.6. The Morgan fingerprint density at radius 3 is 1.82 bits per heavy atom. The number of rotatable bonds is 17. The van der Waals surface area contributed by atoms with E-state index in [0.29, 0.717) is 12.0 Å². The maximum atomic E-state index is 13.6. The number of carbonyl (C=O) groups excluding carboxylic acids is 5. The molecular formula is C37H44F3N5O6. The highest BCUT2D eigenvalue weighted by molar-refractivity contribution is 5.99.